The third kappa shape index (κ3) is 4.98. The molecule has 1 N–H and O–H groups in total. The molecule has 0 aliphatic carbocycles. The third-order valence-corrected chi connectivity index (χ3v) is 2.86. The van der Waals surface area contributed by atoms with Gasteiger partial charge in [0.1, 0.15) is 5.82 Å². The second-order valence-corrected chi connectivity index (χ2v) is 4.42. The van der Waals surface area contributed by atoms with Gasteiger partial charge in [-0.3, -0.25) is 4.79 Å². The van der Waals surface area contributed by atoms with E-state index in [9.17, 15) is 9.18 Å². The maximum Gasteiger partial charge on any atom is 0.252 e. The number of amides is 1. The predicted molar refractivity (Wildman–Crippen MR) is 72.1 cm³/mol. The maximum atomic E-state index is 13.0. The molecule has 0 fully saturated rings. The topological polar surface area (TPSA) is 38.3 Å². The summed E-state index contributed by atoms with van der Waals surface area (Å²) in [4.78, 5) is 11.7. The molecule has 0 aliphatic rings. The zero-order chi connectivity index (χ0) is 13.4. The van der Waals surface area contributed by atoms with Crippen molar-refractivity contribution in [3.05, 3.63) is 46.7 Å². The average Bonchev–Trinajstić information content (AvgIpc) is 2.36. The number of nitrogens with one attached hydrogen (secondary N) is 1. The Morgan fingerprint density at radius 3 is 3.00 bits per heavy atom. The summed E-state index contributed by atoms with van der Waals surface area (Å²) in [7, 11) is 0. The molecule has 0 unspecified atom stereocenters. The summed E-state index contributed by atoms with van der Waals surface area (Å²) in [5.74, 6) is -0.765. The highest BCUT2D eigenvalue weighted by Crippen LogP contribution is 2.17. The highest BCUT2D eigenvalue weighted by molar-refractivity contribution is 9.10. The van der Waals surface area contributed by atoms with Crippen LogP contribution >= 0.6 is 15.9 Å². The Bertz CT molecular complexity index is 423. The van der Waals surface area contributed by atoms with E-state index in [1.54, 1.807) is 6.08 Å². The Labute approximate surface area is 114 Å². The largest absolute Gasteiger partial charge is 0.379 e. The highest BCUT2D eigenvalue weighted by Gasteiger charge is 2.10. The van der Waals surface area contributed by atoms with Gasteiger partial charge in [0, 0.05) is 11.0 Å². The standard InChI is InChI=1S/C13H15BrFNO2/c1-2-3-7-18-8-6-16-13(17)11-9-10(15)4-5-12(11)14/h2,4-5,9H,1,3,6-8H2,(H,16,17). The molecule has 0 aromatic heterocycles. The van der Waals surface area contributed by atoms with Gasteiger partial charge in [0.25, 0.3) is 5.91 Å². The van der Waals surface area contributed by atoms with Crippen LogP contribution in [0.5, 0.6) is 0 Å². The van der Waals surface area contributed by atoms with Gasteiger partial charge in [-0.2, -0.15) is 0 Å². The number of rotatable bonds is 7. The van der Waals surface area contributed by atoms with Crippen molar-refractivity contribution >= 4 is 21.8 Å². The molecule has 1 aromatic carbocycles. The van der Waals surface area contributed by atoms with Crippen LogP contribution in [0.1, 0.15) is 16.8 Å². The normalized spacial score (nSPS) is 10.1. The minimum Gasteiger partial charge on any atom is -0.379 e. The van der Waals surface area contributed by atoms with Crippen LogP contribution < -0.4 is 5.32 Å². The smallest absolute Gasteiger partial charge is 0.252 e. The Morgan fingerprint density at radius 1 is 1.50 bits per heavy atom. The van der Waals surface area contributed by atoms with E-state index in [4.69, 9.17) is 4.74 Å². The summed E-state index contributed by atoms with van der Waals surface area (Å²) in [5, 5.41) is 2.66. The summed E-state index contributed by atoms with van der Waals surface area (Å²) in [6.45, 7) is 4.97. The molecule has 1 rings (SSSR count). The van der Waals surface area contributed by atoms with Crippen molar-refractivity contribution in [1.29, 1.82) is 0 Å². The lowest BCUT2D eigenvalue weighted by Crippen LogP contribution is -2.27. The minimum absolute atomic E-state index is 0.279. The summed E-state index contributed by atoms with van der Waals surface area (Å²) < 4.78 is 18.8. The van der Waals surface area contributed by atoms with Gasteiger partial charge in [-0.05, 0) is 40.5 Å². The van der Waals surface area contributed by atoms with E-state index in [1.807, 2.05) is 0 Å². The Balaban J connectivity index is 2.36. The van der Waals surface area contributed by atoms with E-state index in [2.05, 4.69) is 27.8 Å². The quantitative estimate of drug-likeness (QED) is 0.620. The lowest BCUT2D eigenvalue weighted by molar-refractivity contribution is 0.0916. The SMILES string of the molecule is C=CCCOCCNC(=O)c1cc(F)ccc1Br. The molecule has 0 bridgehead atoms. The fourth-order valence-corrected chi connectivity index (χ4v) is 1.70. The van der Waals surface area contributed by atoms with Crippen molar-refractivity contribution < 1.29 is 13.9 Å². The molecule has 0 heterocycles. The predicted octanol–water partition coefficient (Wildman–Crippen LogP) is 2.91. The first-order valence-electron chi connectivity index (χ1n) is 5.57. The molecule has 0 saturated heterocycles. The number of carbonyl (C=O) groups is 1. The van der Waals surface area contributed by atoms with Crippen molar-refractivity contribution in [2.75, 3.05) is 19.8 Å². The average molecular weight is 316 g/mol. The Hall–Kier alpha value is -1.20. The van der Waals surface area contributed by atoms with E-state index < -0.39 is 5.82 Å². The summed E-state index contributed by atoms with van der Waals surface area (Å²) in [6.07, 6.45) is 2.55. The number of benzene rings is 1. The fraction of sp³-hybridized carbons (Fsp3) is 0.308. The fourth-order valence-electron chi connectivity index (χ4n) is 1.27. The van der Waals surface area contributed by atoms with E-state index in [0.717, 1.165) is 6.42 Å². The van der Waals surface area contributed by atoms with E-state index in [1.165, 1.54) is 18.2 Å². The van der Waals surface area contributed by atoms with Crippen molar-refractivity contribution in [2.45, 2.75) is 6.42 Å². The molecular formula is C13H15BrFNO2. The van der Waals surface area contributed by atoms with Crippen LogP contribution in [0.15, 0.2) is 35.3 Å². The van der Waals surface area contributed by atoms with Gasteiger partial charge in [-0.25, -0.2) is 4.39 Å². The van der Waals surface area contributed by atoms with Crippen LogP contribution in [0.4, 0.5) is 4.39 Å². The van der Waals surface area contributed by atoms with Crippen molar-refractivity contribution in [3.8, 4) is 0 Å². The lowest BCUT2D eigenvalue weighted by atomic mass is 10.2. The van der Waals surface area contributed by atoms with E-state index in [0.29, 0.717) is 24.2 Å². The summed E-state index contributed by atoms with van der Waals surface area (Å²) in [6, 6.07) is 3.99. The van der Waals surface area contributed by atoms with Gasteiger partial charge < -0.3 is 10.1 Å². The molecule has 18 heavy (non-hydrogen) atoms. The van der Waals surface area contributed by atoms with Crippen molar-refractivity contribution in [1.82, 2.24) is 5.32 Å². The van der Waals surface area contributed by atoms with Gasteiger partial charge in [-0.1, -0.05) is 6.08 Å². The van der Waals surface area contributed by atoms with Gasteiger partial charge in [0.2, 0.25) is 0 Å². The first kappa shape index (κ1) is 14.9. The number of ether oxygens (including phenoxy) is 1. The molecule has 1 amide bonds. The van der Waals surface area contributed by atoms with Crippen molar-refractivity contribution in [3.63, 3.8) is 0 Å². The van der Waals surface area contributed by atoms with Gasteiger partial charge in [-0.15, -0.1) is 6.58 Å². The van der Waals surface area contributed by atoms with E-state index >= 15 is 0 Å². The van der Waals surface area contributed by atoms with Crippen LogP contribution in [0.3, 0.4) is 0 Å². The molecule has 1 aromatic rings. The zero-order valence-corrected chi connectivity index (χ0v) is 11.5. The van der Waals surface area contributed by atoms with Crippen LogP contribution in [-0.2, 0) is 4.74 Å². The van der Waals surface area contributed by atoms with Crippen LogP contribution in [0.25, 0.3) is 0 Å². The van der Waals surface area contributed by atoms with Crippen LogP contribution in [-0.4, -0.2) is 25.7 Å². The molecule has 3 nitrogen and oxygen atoms in total. The first-order chi connectivity index (χ1) is 8.65. The van der Waals surface area contributed by atoms with Gasteiger partial charge in [0.05, 0.1) is 18.8 Å². The second-order valence-electron chi connectivity index (χ2n) is 3.57. The number of hydrogen-bond acceptors (Lipinski definition) is 2. The minimum atomic E-state index is -0.439. The third-order valence-electron chi connectivity index (χ3n) is 2.17. The Kier molecular flexibility index (Phi) is 6.60. The molecule has 0 atom stereocenters. The monoisotopic (exact) mass is 315 g/mol. The second kappa shape index (κ2) is 8.00. The van der Waals surface area contributed by atoms with Gasteiger partial charge >= 0.3 is 0 Å². The molecule has 5 heteroatoms. The zero-order valence-electron chi connectivity index (χ0n) is 9.92. The summed E-state index contributed by atoms with van der Waals surface area (Å²) >= 11 is 3.20. The molecule has 0 saturated carbocycles. The number of hydrogen-bond donors (Lipinski definition) is 1. The number of carbonyl (C=O) groups excluding carboxylic acids is 1. The molecule has 0 radical (unpaired) electrons. The first-order valence-corrected chi connectivity index (χ1v) is 6.36. The lowest BCUT2D eigenvalue weighted by Gasteiger charge is -2.07. The molecular weight excluding hydrogens is 301 g/mol. The molecule has 0 aliphatic heterocycles. The number of halogens is 2. The van der Waals surface area contributed by atoms with Gasteiger partial charge in [0.15, 0.2) is 0 Å². The maximum absolute atomic E-state index is 13.0. The van der Waals surface area contributed by atoms with Crippen molar-refractivity contribution in [2.24, 2.45) is 0 Å². The van der Waals surface area contributed by atoms with E-state index in [-0.39, 0.29) is 11.5 Å². The van der Waals surface area contributed by atoms with Crippen LogP contribution in [0, 0.1) is 5.82 Å². The highest BCUT2D eigenvalue weighted by atomic mass is 79.9. The Morgan fingerprint density at radius 2 is 2.28 bits per heavy atom. The van der Waals surface area contributed by atoms with Crippen LogP contribution in [0.2, 0.25) is 0 Å². The molecule has 98 valence electrons. The summed E-state index contributed by atoms with van der Waals surface area (Å²) in [5.41, 5.74) is 0.279. The molecule has 0 spiro atoms.